The van der Waals surface area contributed by atoms with Crippen LogP contribution < -0.4 is 5.69 Å². The lowest BCUT2D eigenvalue weighted by Crippen LogP contribution is -2.36. The van der Waals surface area contributed by atoms with Gasteiger partial charge in [0.25, 0.3) is 0 Å². The highest BCUT2D eigenvalue weighted by Gasteiger charge is 2.21. The van der Waals surface area contributed by atoms with Gasteiger partial charge in [-0.2, -0.15) is 5.10 Å². The SMILES string of the molecule is Cc1nn(CC(=O)N(C)[C@@H](C)c2ccon2)c(=O)n1CCc1ccccc1. The van der Waals surface area contributed by atoms with E-state index in [4.69, 9.17) is 4.52 Å². The first kappa shape index (κ1) is 18.6. The molecule has 8 heteroatoms. The van der Waals surface area contributed by atoms with Gasteiger partial charge in [0, 0.05) is 19.7 Å². The average Bonchev–Trinajstić information content (AvgIpc) is 3.29. The molecule has 0 saturated heterocycles. The normalized spacial score (nSPS) is 12.1. The molecule has 1 amide bonds. The number of benzene rings is 1. The first-order valence-corrected chi connectivity index (χ1v) is 8.81. The van der Waals surface area contributed by atoms with Gasteiger partial charge < -0.3 is 9.42 Å². The van der Waals surface area contributed by atoms with E-state index in [-0.39, 0.29) is 24.2 Å². The van der Waals surface area contributed by atoms with Crippen molar-refractivity contribution in [1.29, 1.82) is 0 Å². The summed E-state index contributed by atoms with van der Waals surface area (Å²) in [5, 5.41) is 8.11. The molecule has 0 unspecified atom stereocenters. The van der Waals surface area contributed by atoms with E-state index in [1.807, 2.05) is 37.3 Å². The minimum absolute atomic E-state index is 0.114. The fourth-order valence-corrected chi connectivity index (χ4v) is 2.89. The summed E-state index contributed by atoms with van der Waals surface area (Å²) in [4.78, 5) is 26.7. The molecule has 2 heterocycles. The Balaban J connectivity index is 1.68. The second-order valence-corrected chi connectivity index (χ2v) is 6.48. The van der Waals surface area contributed by atoms with E-state index in [1.54, 1.807) is 24.6 Å². The third kappa shape index (κ3) is 4.16. The van der Waals surface area contributed by atoms with Gasteiger partial charge in [0.15, 0.2) is 0 Å². The molecule has 0 aliphatic heterocycles. The topological polar surface area (TPSA) is 86.2 Å². The van der Waals surface area contributed by atoms with E-state index in [1.165, 1.54) is 15.8 Å². The number of carbonyl (C=O) groups is 1. The summed E-state index contributed by atoms with van der Waals surface area (Å²) in [5.41, 5.74) is 1.52. The number of aryl methyl sites for hydroxylation is 2. The van der Waals surface area contributed by atoms with E-state index in [0.717, 1.165) is 12.0 Å². The van der Waals surface area contributed by atoms with Crippen molar-refractivity contribution in [1.82, 2.24) is 24.4 Å². The summed E-state index contributed by atoms with van der Waals surface area (Å²) in [6, 6.07) is 11.4. The van der Waals surface area contributed by atoms with Crippen LogP contribution in [-0.2, 0) is 24.3 Å². The van der Waals surface area contributed by atoms with Crippen molar-refractivity contribution in [2.24, 2.45) is 0 Å². The summed E-state index contributed by atoms with van der Waals surface area (Å²) in [7, 11) is 1.67. The van der Waals surface area contributed by atoms with Gasteiger partial charge in [0.05, 0.1) is 6.04 Å². The summed E-state index contributed by atoms with van der Waals surface area (Å²) in [6.07, 6.45) is 2.19. The highest BCUT2D eigenvalue weighted by molar-refractivity contribution is 5.76. The molecule has 0 aliphatic rings. The van der Waals surface area contributed by atoms with Gasteiger partial charge in [-0.25, -0.2) is 9.48 Å². The van der Waals surface area contributed by atoms with E-state index < -0.39 is 0 Å². The van der Waals surface area contributed by atoms with E-state index in [9.17, 15) is 9.59 Å². The number of amides is 1. The fourth-order valence-electron chi connectivity index (χ4n) is 2.89. The molecule has 0 radical (unpaired) electrons. The number of nitrogens with zero attached hydrogens (tertiary/aromatic N) is 5. The van der Waals surface area contributed by atoms with Crippen LogP contribution in [0.5, 0.6) is 0 Å². The molecule has 0 spiro atoms. The van der Waals surface area contributed by atoms with Crippen LogP contribution >= 0.6 is 0 Å². The number of aromatic nitrogens is 4. The van der Waals surface area contributed by atoms with Crippen LogP contribution in [0.1, 0.15) is 30.0 Å². The Labute approximate surface area is 157 Å². The second kappa shape index (κ2) is 8.03. The Bertz CT molecular complexity index is 944. The summed E-state index contributed by atoms with van der Waals surface area (Å²) in [6.45, 7) is 4.03. The molecule has 3 aromatic rings. The number of rotatable bonds is 7. The van der Waals surface area contributed by atoms with Crippen LogP contribution in [0.4, 0.5) is 0 Å². The van der Waals surface area contributed by atoms with Gasteiger partial charge in [-0.1, -0.05) is 35.5 Å². The number of hydrogen-bond acceptors (Lipinski definition) is 5. The number of carbonyl (C=O) groups excluding carboxylic acids is 1. The van der Waals surface area contributed by atoms with Gasteiger partial charge >= 0.3 is 5.69 Å². The average molecular weight is 369 g/mol. The molecule has 27 heavy (non-hydrogen) atoms. The summed E-state index contributed by atoms with van der Waals surface area (Å²) in [5.74, 6) is 0.372. The van der Waals surface area contributed by atoms with Crippen molar-refractivity contribution >= 4 is 5.91 Å². The molecule has 0 aliphatic carbocycles. The van der Waals surface area contributed by atoms with Crippen LogP contribution in [0.2, 0.25) is 0 Å². The van der Waals surface area contributed by atoms with Crippen LogP contribution in [0.25, 0.3) is 0 Å². The van der Waals surface area contributed by atoms with Crippen molar-refractivity contribution in [3.05, 3.63) is 70.2 Å². The molecule has 0 bridgehead atoms. The van der Waals surface area contributed by atoms with Crippen LogP contribution in [0.3, 0.4) is 0 Å². The molecule has 8 nitrogen and oxygen atoms in total. The molecule has 2 aromatic heterocycles. The Hall–Kier alpha value is -3.16. The van der Waals surface area contributed by atoms with Crippen LogP contribution in [0.15, 0.2) is 52.0 Å². The molecule has 142 valence electrons. The summed E-state index contributed by atoms with van der Waals surface area (Å²) >= 11 is 0. The molecule has 0 N–H and O–H groups in total. The first-order chi connectivity index (χ1) is 13.0. The molecule has 0 saturated carbocycles. The fraction of sp³-hybridized carbons (Fsp3) is 0.368. The zero-order valence-corrected chi connectivity index (χ0v) is 15.7. The minimum Gasteiger partial charge on any atom is -0.364 e. The summed E-state index contributed by atoms with van der Waals surface area (Å²) < 4.78 is 7.64. The zero-order chi connectivity index (χ0) is 19.4. The Morgan fingerprint density at radius 3 is 2.67 bits per heavy atom. The maximum absolute atomic E-state index is 12.6. The lowest BCUT2D eigenvalue weighted by molar-refractivity contribution is -0.132. The maximum atomic E-state index is 12.6. The number of likely N-dealkylation sites (N-methyl/N-ethyl adjacent to an activating group) is 1. The lowest BCUT2D eigenvalue weighted by Gasteiger charge is -2.22. The van der Waals surface area contributed by atoms with Crippen LogP contribution in [0, 0.1) is 6.92 Å². The van der Waals surface area contributed by atoms with Crippen molar-refractivity contribution in [3.8, 4) is 0 Å². The minimum atomic E-state index is -0.278. The Morgan fingerprint density at radius 1 is 1.26 bits per heavy atom. The quantitative estimate of drug-likeness (QED) is 0.634. The van der Waals surface area contributed by atoms with Crippen molar-refractivity contribution in [3.63, 3.8) is 0 Å². The standard InChI is InChI=1S/C19H23N5O3/c1-14(17-10-12-27-21-17)22(3)18(25)13-24-19(26)23(15(2)20-24)11-9-16-7-5-4-6-8-16/h4-8,10,12,14H,9,11,13H2,1-3H3/t14-/m0/s1. The van der Waals surface area contributed by atoms with Gasteiger partial charge in [0.1, 0.15) is 24.3 Å². The van der Waals surface area contributed by atoms with Gasteiger partial charge in [-0.15, -0.1) is 0 Å². The molecular weight excluding hydrogens is 346 g/mol. The zero-order valence-electron chi connectivity index (χ0n) is 15.7. The first-order valence-electron chi connectivity index (χ1n) is 8.81. The molecule has 3 rings (SSSR count). The molecular formula is C19H23N5O3. The van der Waals surface area contributed by atoms with Crippen LogP contribution in [-0.4, -0.2) is 37.4 Å². The van der Waals surface area contributed by atoms with Crippen molar-refractivity contribution in [2.75, 3.05) is 7.05 Å². The van der Waals surface area contributed by atoms with Gasteiger partial charge in [-0.3, -0.25) is 9.36 Å². The van der Waals surface area contributed by atoms with E-state index in [2.05, 4.69) is 10.3 Å². The van der Waals surface area contributed by atoms with Gasteiger partial charge in [-0.05, 0) is 25.8 Å². The third-order valence-electron chi connectivity index (χ3n) is 4.72. The van der Waals surface area contributed by atoms with Crippen molar-refractivity contribution in [2.45, 2.75) is 39.4 Å². The molecule has 1 atom stereocenters. The predicted molar refractivity (Wildman–Crippen MR) is 99.1 cm³/mol. The highest BCUT2D eigenvalue weighted by Crippen LogP contribution is 2.16. The Morgan fingerprint density at radius 2 is 2.00 bits per heavy atom. The largest absolute Gasteiger partial charge is 0.364 e. The second-order valence-electron chi connectivity index (χ2n) is 6.48. The van der Waals surface area contributed by atoms with Crippen molar-refractivity contribution < 1.29 is 9.32 Å². The molecule has 1 aromatic carbocycles. The molecule has 0 fully saturated rings. The van der Waals surface area contributed by atoms with E-state index in [0.29, 0.717) is 18.1 Å². The smallest absolute Gasteiger partial charge is 0.346 e. The van der Waals surface area contributed by atoms with Gasteiger partial charge in [0.2, 0.25) is 5.91 Å². The third-order valence-corrected chi connectivity index (χ3v) is 4.72. The predicted octanol–water partition coefficient (Wildman–Crippen LogP) is 1.80. The van der Waals surface area contributed by atoms with E-state index >= 15 is 0 Å². The maximum Gasteiger partial charge on any atom is 0.346 e. The lowest BCUT2D eigenvalue weighted by atomic mass is 10.1. The Kier molecular flexibility index (Phi) is 5.54. The number of hydrogen-bond donors (Lipinski definition) is 0. The highest BCUT2D eigenvalue weighted by atomic mass is 16.5. The monoisotopic (exact) mass is 369 g/mol.